The summed E-state index contributed by atoms with van der Waals surface area (Å²) in [5, 5.41) is 7.27. The van der Waals surface area contributed by atoms with Crippen molar-refractivity contribution in [1.82, 2.24) is 14.0 Å². The van der Waals surface area contributed by atoms with E-state index in [1.807, 2.05) is 0 Å². The molecule has 0 amide bonds. The van der Waals surface area contributed by atoms with Crippen molar-refractivity contribution in [3.8, 4) is 0 Å². The summed E-state index contributed by atoms with van der Waals surface area (Å²) in [6.45, 7) is 1.64. The lowest BCUT2D eigenvalue weighted by molar-refractivity contribution is 0.930. The number of fused-ring (bicyclic) bond motifs is 1. The highest BCUT2D eigenvalue weighted by atomic mass is 16.1. The van der Waals surface area contributed by atoms with Crippen molar-refractivity contribution in [1.29, 1.82) is 5.41 Å². The van der Waals surface area contributed by atoms with E-state index in [0.717, 1.165) is 10.9 Å². The van der Waals surface area contributed by atoms with Gasteiger partial charge in [-0.2, -0.15) is 0 Å². The van der Waals surface area contributed by atoms with E-state index in [0.29, 0.717) is 0 Å². The molecule has 15 heavy (non-hydrogen) atoms. The third kappa shape index (κ3) is 1.11. The lowest BCUT2D eigenvalue weighted by Crippen LogP contribution is -2.46. The summed E-state index contributed by atoms with van der Waals surface area (Å²) in [4.78, 5) is 27.3. The Morgan fingerprint density at radius 1 is 1.40 bits per heavy atom. The van der Waals surface area contributed by atoms with E-state index in [2.05, 4.69) is 4.98 Å². The molecule has 2 aromatic rings. The fraction of sp³-hybridized carbons (Fsp3) is 0.111. The van der Waals surface area contributed by atoms with Crippen molar-refractivity contribution in [2.24, 2.45) is 0 Å². The molecule has 0 aromatic carbocycles. The third-order valence-corrected chi connectivity index (χ3v) is 2.18. The van der Waals surface area contributed by atoms with Gasteiger partial charge in [-0.3, -0.25) is 24.0 Å². The Hall–Kier alpha value is -2.24. The van der Waals surface area contributed by atoms with Gasteiger partial charge in [0.1, 0.15) is 17.2 Å². The zero-order valence-corrected chi connectivity index (χ0v) is 7.97. The molecular weight excluding hydrogens is 196 g/mol. The first-order valence-corrected chi connectivity index (χ1v) is 4.28. The number of hydrogen-bond acceptors (Lipinski definition) is 4. The standard InChI is InChI=1S/C9H8N4O2/c1-2-6-8(14)13-5-11-3-7(13)9(15)12(6)4-10/h2-5,10H,1H3/b6-2-,10-4?. The lowest BCUT2D eigenvalue weighted by Gasteiger charge is -1.99. The summed E-state index contributed by atoms with van der Waals surface area (Å²) >= 11 is 0. The van der Waals surface area contributed by atoms with Crippen molar-refractivity contribution in [2.75, 3.05) is 0 Å². The van der Waals surface area contributed by atoms with E-state index >= 15 is 0 Å². The van der Waals surface area contributed by atoms with Crippen LogP contribution in [0.1, 0.15) is 6.92 Å². The van der Waals surface area contributed by atoms with Crippen molar-refractivity contribution in [3.05, 3.63) is 38.6 Å². The normalized spacial score (nSPS) is 12.2. The van der Waals surface area contributed by atoms with Crippen LogP contribution in [0.5, 0.6) is 0 Å². The number of hydrogen-bond donors (Lipinski definition) is 1. The molecule has 2 heterocycles. The Balaban J connectivity index is 3.27. The molecule has 6 heteroatoms. The van der Waals surface area contributed by atoms with Gasteiger partial charge in [-0.25, -0.2) is 4.98 Å². The largest absolute Gasteiger partial charge is 0.291 e. The van der Waals surface area contributed by atoms with Gasteiger partial charge in [-0.05, 0) is 6.92 Å². The van der Waals surface area contributed by atoms with Crippen LogP contribution in [-0.4, -0.2) is 20.3 Å². The lowest BCUT2D eigenvalue weighted by atomic mass is 10.4. The highest BCUT2D eigenvalue weighted by Crippen LogP contribution is 1.86. The highest BCUT2D eigenvalue weighted by Gasteiger charge is 2.07. The van der Waals surface area contributed by atoms with Crippen LogP contribution in [0.15, 0.2) is 22.1 Å². The Labute approximate surface area is 83.6 Å². The topological polar surface area (TPSA) is 80.2 Å². The highest BCUT2D eigenvalue weighted by molar-refractivity contribution is 5.58. The molecule has 76 valence electrons. The maximum absolute atomic E-state index is 11.8. The minimum absolute atomic E-state index is 0.167. The van der Waals surface area contributed by atoms with Crippen LogP contribution in [0.25, 0.3) is 11.6 Å². The molecule has 1 N–H and O–H groups in total. The first kappa shape index (κ1) is 9.32. The summed E-state index contributed by atoms with van der Waals surface area (Å²) in [7, 11) is 0. The smallest absolute Gasteiger partial charge is 0.282 e. The molecule has 6 nitrogen and oxygen atoms in total. The van der Waals surface area contributed by atoms with Gasteiger partial charge < -0.3 is 0 Å². The van der Waals surface area contributed by atoms with Crippen molar-refractivity contribution >= 4 is 17.9 Å². The summed E-state index contributed by atoms with van der Waals surface area (Å²) in [5.74, 6) is 0. The van der Waals surface area contributed by atoms with Gasteiger partial charge in [0.2, 0.25) is 0 Å². The fourth-order valence-corrected chi connectivity index (χ4v) is 1.47. The molecule has 0 radical (unpaired) electrons. The molecule has 0 fully saturated rings. The average Bonchev–Trinajstić information content (AvgIpc) is 2.72. The van der Waals surface area contributed by atoms with E-state index in [1.165, 1.54) is 23.0 Å². The van der Waals surface area contributed by atoms with Crippen LogP contribution >= 0.6 is 0 Å². The average molecular weight is 204 g/mol. The Kier molecular flexibility index (Phi) is 1.96. The molecular formula is C9H8N4O2. The fourth-order valence-electron chi connectivity index (χ4n) is 1.47. The van der Waals surface area contributed by atoms with E-state index in [-0.39, 0.29) is 16.4 Å². The number of aromatic nitrogens is 3. The molecule has 0 aliphatic carbocycles. The molecule has 0 aliphatic heterocycles. The quantitative estimate of drug-likeness (QED) is 0.469. The minimum Gasteiger partial charge on any atom is -0.291 e. The Bertz CT molecular complexity index is 695. The molecule has 0 unspecified atom stereocenters. The third-order valence-electron chi connectivity index (χ3n) is 2.18. The van der Waals surface area contributed by atoms with Gasteiger partial charge >= 0.3 is 0 Å². The molecule has 0 aliphatic rings. The van der Waals surface area contributed by atoms with Gasteiger partial charge in [0, 0.05) is 0 Å². The molecule has 0 spiro atoms. The van der Waals surface area contributed by atoms with Crippen molar-refractivity contribution in [2.45, 2.75) is 6.92 Å². The molecule has 2 rings (SSSR count). The van der Waals surface area contributed by atoms with E-state index < -0.39 is 5.56 Å². The van der Waals surface area contributed by atoms with Gasteiger partial charge in [-0.1, -0.05) is 6.08 Å². The Morgan fingerprint density at radius 3 is 2.73 bits per heavy atom. The second-order valence-corrected chi connectivity index (χ2v) is 2.93. The summed E-state index contributed by atoms with van der Waals surface area (Å²) in [6, 6.07) is 0. The van der Waals surface area contributed by atoms with Gasteiger partial charge in [-0.15, -0.1) is 0 Å². The van der Waals surface area contributed by atoms with Crippen LogP contribution in [0.4, 0.5) is 0 Å². The van der Waals surface area contributed by atoms with Gasteiger partial charge in [0.25, 0.3) is 11.1 Å². The second kappa shape index (κ2) is 3.16. The first-order valence-electron chi connectivity index (χ1n) is 4.28. The molecule has 0 saturated carbocycles. The van der Waals surface area contributed by atoms with Crippen molar-refractivity contribution < 1.29 is 0 Å². The zero-order chi connectivity index (χ0) is 11.0. The van der Waals surface area contributed by atoms with E-state index in [9.17, 15) is 9.59 Å². The molecule has 0 atom stereocenters. The number of imidazole rings is 1. The molecule has 2 aromatic heterocycles. The van der Waals surface area contributed by atoms with Crippen LogP contribution in [0.2, 0.25) is 0 Å². The zero-order valence-electron chi connectivity index (χ0n) is 7.97. The molecule has 0 bridgehead atoms. The van der Waals surface area contributed by atoms with Crippen LogP contribution in [-0.2, 0) is 0 Å². The Morgan fingerprint density at radius 2 is 2.13 bits per heavy atom. The van der Waals surface area contributed by atoms with Gasteiger partial charge in [0.05, 0.1) is 12.5 Å². The number of nitrogens with zero attached hydrogens (tertiary/aromatic N) is 3. The number of rotatable bonds is 1. The van der Waals surface area contributed by atoms with Crippen molar-refractivity contribution in [3.63, 3.8) is 0 Å². The minimum atomic E-state index is -0.421. The second-order valence-electron chi connectivity index (χ2n) is 2.93. The van der Waals surface area contributed by atoms with Gasteiger partial charge in [0.15, 0.2) is 0 Å². The van der Waals surface area contributed by atoms with Crippen LogP contribution < -0.4 is 16.5 Å². The van der Waals surface area contributed by atoms with Crippen LogP contribution in [0, 0.1) is 5.41 Å². The monoisotopic (exact) mass is 204 g/mol. The predicted octanol–water partition coefficient (Wildman–Crippen LogP) is -1.17. The number of nitrogens with one attached hydrogen (secondary N) is 1. The first-order chi connectivity index (χ1) is 7.20. The SMILES string of the molecule is C/C=c1/c(=O)n2cncc2c(=O)n1C=N. The maximum Gasteiger partial charge on any atom is 0.282 e. The van der Waals surface area contributed by atoms with E-state index in [4.69, 9.17) is 5.41 Å². The summed E-state index contributed by atoms with van der Waals surface area (Å²) < 4.78 is 2.18. The van der Waals surface area contributed by atoms with E-state index in [1.54, 1.807) is 6.92 Å². The van der Waals surface area contributed by atoms with Crippen LogP contribution in [0.3, 0.4) is 0 Å². The summed E-state index contributed by atoms with van der Waals surface area (Å²) in [5.41, 5.74) is -0.600. The maximum atomic E-state index is 11.8. The summed E-state index contributed by atoms with van der Waals surface area (Å²) in [6.07, 6.45) is 4.92. The molecule has 0 saturated heterocycles. The predicted molar refractivity (Wildman–Crippen MR) is 55.3 cm³/mol.